The van der Waals surface area contributed by atoms with Crippen molar-refractivity contribution in [2.45, 2.75) is 6.54 Å². The lowest BCUT2D eigenvalue weighted by molar-refractivity contribution is 0.249. The molecule has 0 spiro atoms. The van der Waals surface area contributed by atoms with Crippen molar-refractivity contribution in [3.8, 4) is 11.5 Å². The second-order valence-electron chi connectivity index (χ2n) is 6.64. The van der Waals surface area contributed by atoms with Crippen molar-refractivity contribution in [2.24, 2.45) is 0 Å². The third-order valence-electron chi connectivity index (χ3n) is 4.89. The number of para-hydroxylation sites is 2. The van der Waals surface area contributed by atoms with Crippen LogP contribution in [0.15, 0.2) is 51.7 Å². The Balaban J connectivity index is 1.53. The minimum Gasteiger partial charge on any atom is -0.506 e. The summed E-state index contributed by atoms with van der Waals surface area (Å²) < 4.78 is 5.19. The molecule has 2 aromatic carbocycles. The number of halogens is 1. The Morgan fingerprint density at radius 1 is 1.00 bits per heavy atom. The van der Waals surface area contributed by atoms with Crippen molar-refractivity contribution in [1.29, 1.82) is 0 Å². The van der Waals surface area contributed by atoms with Crippen molar-refractivity contribution in [2.75, 3.05) is 31.1 Å². The molecule has 6 nitrogen and oxygen atoms in total. The minimum absolute atomic E-state index is 0.110. The number of nitrogens with zero attached hydrogens (tertiary/aromatic N) is 2. The van der Waals surface area contributed by atoms with Gasteiger partial charge in [-0.25, -0.2) is 4.79 Å². The molecule has 0 radical (unpaired) electrons. The standard InChI is InChI=1S/C20H19ClN2O4/c21-15-10-14-13(9-20(26)27-19(14)11-18(15)25)12-22-5-7-23(8-6-22)16-3-1-2-4-17(16)24/h1-4,9-11,24-25H,5-8,12H2. The fraction of sp³-hybridized carbons (Fsp3) is 0.250. The molecule has 27 heavy (non-hydrogen) atoms. The van der Waals surface area contributed by atoms with E-state index in [4.69, 9.17) is 16.0 Å². The molecule has 7 heteroatoms. The van der Waals surface area contributed by atoms with E-state index < -0.39 is 5.63 Å². The van der Waals surface area contributed by atoms with Crippen LogP contribution in [0.2, 0.25) is 5.02 Å². The number of piperazine rings is 1. The van der Waals surface area contributed by atoms with E-state index in [9.17, 15) is 15.0 Å². The van der Waals surface area contributed by atoms with Gasteiger partial charge in [-0.15, -0.1) is 0 Å². The normalized spacial score (nSPS) is 15.4. The molecule has 0 amide bonds. The average Bonchev–Trinajstić information content (AvgIpc) is 2.64. The zero-order chi connectivity index (χ0) is 19.0. The lowest BCUT2D eigenvalue weighted by Crippen LogP contribution is -2.46. The molecule has 1 fully saturated rings. The van der Waals surface area contributed by atoms with E-state index in [1.54, 1.807) is 12.1 Å². The van der Waals surface area contributed by atoms with E-state index in [0.717, 1.165) is 42.8 Å². The first-order chi connectivity index (χ1) is 13.0. The number of rotatable bonds is 3. The maximum atomic E-state index is 11.9. The highest BCUT2D eigenvalue weighted by Crippen LogP contribution is 2.31. The first kappa shape index (κ1) is 17.7. The number of benzene rings is 2. The van der Waals surface area contributed by atoms with Gasteiger partial charge >= 0.3 is 5.63 Å². The zero-order valence-electron chi connectivity index (χ0n) is 14.6. The van der Waals surface area contributed by atoms with Crippen LogP contribution in [0, 0.1) is 0 Å². The van der Waals surface area contributed by atoms with Crippen LogP contribution < -0.4 is 10.5 Å². The number of fused-ring (bicyclic) bond motifs is 1. The third kappa shape index (κ3) is 3.59. The molecule has 0 unspecified atom stereocenters. The van der Waals surface area contributed by atoms with E-state index in [0.29, 0.717) is 12.1 Å². The highest BCUT2D eigenvalue weighted by atomic mass is 35.5. The molecule has 0 atom stereocenters. The largest absolute Gasteiger partial charge is 0.506 e. The SMILES string of the molecule is O=c1cc(CN2CCN(c3ccccc3O)CC2)c2cc(Cl)c(O)cc2o1. The molecule has 4 rings (SSSR count). The topological polar surface area (TPSA) is 77.2 Å². The number of hydrogen-bond acceptors (Lipinski definition) is 6. The molecule has 1 aliphatic heterocycles. The van der Waals surface area contributed by atoms with E-state index >= 15 is 0 Å². The average molecular weight is 387 g/mol. The Kier molecular flexibility index (Phi) is 4.68. The maximum Gasteiger partial charge on any atom is 0.336 e. The van der Waals surface area contributed by atoms with Crippen LogP contribution in [0.4, 0.5) is 5.69 Å². The molecule has 1 aliphatic rings. The Hall–Kier alpha value is -2.70. The number of hydrogen-bond donors (Lipinski definition) is 2. The molecule has 2 heterocycles. The van der Waals surface area contributed by atoms with Crippen molar-refractivity contribution in [3.63, 3.8) is 0 Å². The molecule has 0 saturated carbocycles. The molecule has 140 valence electrons. The summed E-state index contributed by atoms with van der Waals surface area (Å²) in [5.74, 6) is 0.174. The summed E-state index contributed by atoms with van der Waals surface area (Å²) in [6.07, 6.45) is 0. The summed E-state index contributed by atoms with van der Waals surface area (Å²) in [7, 11) is 0. The Morgan fingerprint density at radius 3 is 2.48 bits per heavy atom. The molecule has 1 saturated heterocycles. The highest BCUT2D eigenvalue weighted by Gasteiger charge is 2.20. The van der Waals surface area contributed by atoms with Gasteiger partial charge in [0.15, 0.2) is 0 Å². The fourth-order valence-corrected chi connectivity index (χ4v) is 3.65. The van der Waals surface area contributed by atoms with Crippen LogP contribution in [0.5, 0.6) is 11.5 Å². The van der Waals surface area contributed by atoms with Gasteiger partial charge in [-0.05, 0) is 23.8 Å². The Bertz CT molecular complexity index is 1040. The first-order valence-corrected chi connectivity index (χ1v) is 9.09. The van der Waals surface area contributed by atoms with Crippen LogP contribution in [0.25, 0.3) is 11.0 Å². The second-order valence-corrected chi connectivity index (χ2v) is 7.05. The van der Waals surface area contributed by atoms with Gasteiger partial charge in [0, 0.05) is 50.2 Å². The van der Waals surface area contributed by atoms with Gasteiger partial charge in [0.2, 0.25) is 0 Å². The minimum atomic E-state index is -0.452. The number of aromatic hydroxyl groups is 2. The van der Waals surface area contributed by atoms with Crippen LogP contribution >= 0.6 is 11.6 Å². The van der Waals surface area contributed by atoms with Gasteiger partial charge in [-0.1, -0.05) is 23.7 Å². The summed E-state index contributed by atoms with van der Waals surface area (Å²) in [5.41, 5.74) is 1.53. The number of phenols is 2. The smallest absolute Gasteiger partial charge is 0.336 e. The number of anilines is 1. The van der Waals surface area contributed by atoms with Crippen molar-refractivity contribution < 1.29 is 14.6 Å². The predicted octanol–water partition coefficient (Wildman–Crippen LogP) is 3.18. The monoisotopic (exact) mass is 386 g/mol. The molecule has 0 bridgehead atoms. The lowest BCUT2D eigenvalue weighted by atomic mass is 10.1. The summed E-state index contributed by atoms with van der Waals surface area (Å²) in [5, 5.41) is 20.7. The van der Waals surface area contributed by atoms with Crippen LogP contribution in [0.1, 0.15) is 5.56 Å². The highest BCUT2D eigenvalue weighted by molar-refractivity contribution is 6.32. The molecule has 0 aliphatic carbocycles. The molecular formula is C20H19ClN2O4. The second kappa shape index (κ2) is 7.13. The van der Waals surface area contributed by atoms with E-state index in [1.165, 1.54) is 12.1 Å². The van der Waals surface area contributed by atoms with Gasteiger partial charge in [-0.3, -0.25) is 4.90 Å². The summed E-state index contributed by atoms with van der Waals surface area (Å²) >= 11 is 6.03. The molecule has 1 aromatic heterocycles. The number of phenolic OH excluding ortho intramolecular Hbond substituents is 2. The quantitative estimate of drug-likeness (QED) is 0.673. The zero-order valence-corrected chi connectivity index (χ0v) is 15.3. The first-order valence-electron chi connectivity index (χ1n) is 8.72. The summed E-state index contributed by atoms with van der Waals surface area (Å²) in [4.78, 5) is 16.3. The van der Waals surface area contributed by atoms with Gasteiger partial charge < -0.3 is 19.5 Å². The predicted molar refractivity (Wildman–Crippen MR) is 105 cm³/mol. The summed E-state index contributed by atoms with van der Waals surface area (Å²) in [6, 6.07) is 11.8. The van der Waals surface area contributed by atoms with Crippen LogP contribution in [-0.4, -0.2) is 41.3 Å². The molecule has 3 aromatic rings. The maximum absolute atomic E-state index is 11.9. The van der Waals surface area contributed by atoms with Gasteiger partial charge in [0.25, 0.3) is 0 Å². The third-order valence-corrected chi connectivity index (χ3v) is 5.19. The van der Waals surface area contributed by atoms with Gasteiger partial charge in [0.1, 0.15) is 17.1 Å². The molecular weight excluding hydrogens is 368 g/mol. The van der Waals surface area contributed by atoms with E-state index in [-0.39, 0.29) is 16.5 Å². The van der Waals surface area contributed by atoms with Crippen molar-refractivity contribution in [3.05, 3.63) is 63.5 Å². The Labute approximate surface area is 160 Å². The van der Waals surface area contributed by atoms with Crippen molar-refractivity contribution >= 4 is 28.3 Å². The van der Waals surface area contributed by atoms with Gasteiger partial charge in [0.05, 0.1) is 10.7 Å². The Morgan fingerprint density at radius 2 is 1.74 bits per heavy atom. The van der Waals surface area contributed by atoms with Crippen molar-refractivity contribution in [1.82, 2.24) is 4.90 Å². The van der Waals surface area contributed by atoms with E-state index in [2.05, 4.69) is 9.80 Å². The fourth-order valence-electron chi connectivity index (χ4n) is 3.49. The lowest BCUT2D eigenvalue weighted by Gasteiger charge is -2.36. The van der Waals surface area contributed by atoms with Crippen LogP contribution in [0.3, 0.4) is 0 Å². The van der Waals surface area contributed by atoms with Gasteiger partial charge in [-0.2, -0.15) is 0 Å². The van der Waals surface area contributed by atoms with Crippen LogP contribution in [-0.2, 0) is 6.54 Å². The molecule has 2 N–H and O–H groups in total. The van der Waals surface area contributed by atoms with E-state index in [1.807, 2.05) is 18.2 Å². The summed E-state index contributed by atoms with van der Waals surface area (Å²) in [6.45, 7) is 3.72.